The minimum absolute atomic E-state index is 0.0388. The number of aromatic nitrogens is 1. The minimum atomic E-state index is -0.765. The summed E-state index contributed by atoms with van der Waals surface area (Å²) in [5, 5.41) is 11.3. The molecule has 1 aliphatic heterocycles. The van der Waals surface area contributed by atoms with Crippen molar-refractivity contribution in [3.63, 3.8) is 0 Å². The maximum Gasteiger partial charge on any atom is 0.295 e. The van der Waals surface area contributed by atoms with Crippen molar-refractivity contribution in [1.82, 2.24) is 9.88 Å². The van der Waals surface area contributed by atoms with E-state index in [0.717, 1.165) is 12.0 Å². The number of carbonyl (C=O) groups is 2. The molecule has 1 aliphatic rings. The molecule has 1 unspecified atom stereocenters. The van der Waals surface area contributed by atoms with Gasteiger partial charge in [-0.1, -0.05) is 31.2 Å². The number of benzene rings is 2. The highest BCUT2D eigenvalue weighted by atomic mass is 16.5. The van der Waals surface area contributed by atoms with Crippen LogP contribution in [0.25, 0.3) is 5.76 Å². The second-order valence-corrected chi connectivity index (χ2v) is 7.93. The van der Waals surface area contributed by atoms with Crippen LogP contribution < -0.4 is 9.47 Å². The lowest BCUT2D eigenvalue weighted by Gasteiger charge is -2.25. The van der Waals surface area contributed by atoms with Crippen LogP contribution in [0.1, 0.15) is 36.1 Å². The Hall–Kier alpha value is -4.13. The molecule has 2 heterocycles. The van der Waals surface area contributed by atoms with Gasteiger partial charge >= 0.3 is 0 Å². The molecule has 2 aromatic carbocycles. The Labute approximate surface area is 198 Å². The fraction of sp³-hybridized carbons (Fsp3) is 0.222. The van der Waals surface area contributed by atoms with Crippen molar-refractivity contribution in [3.8, 4) is 11.5 Å². The molecule has 1 fully saturated rings. The van der Waals surface area contributed by atoms with Crippen molar-refractivity contribution in [1.29, 1.82) is 0 Å². The standard InChI is InChI=1S/C27H26N2O5/c1-3-15-34-22-6-4-5-20(16-22)25(30)23-24(19-7-9-21(33-2)10-8-19)29(27(32)26(23)31)17-18-11-13-28-14-12-18/h4-14,16,24,30H,3,15,17H2,1-2H3. The van der Waals surface area contributed by atoms with Crippen LogP contribution in [0.4, 0.5) is 0 Å². The van der Waals surface area contributed by atoms with Gasteiger partial charge in [-0.05, 0) is 53.9 Å². The second kappa shape index (κ2) is 10.2. The van der Waals surface area contributed by atoms with Crippen LogP contribution in [0.2, 0.25) is 0 Å². The Morgan fingerprint density at radius 2 is 1.76 bits per heavy atom. The zero-order valence-electron chi connectivity index (χ0n) is 19.1. The fourth-order valence-corrected chi connectivity index (χ4v) is 3.97. The third-order valence-corrected chi connectivity index (χ3v) is 5.65. The van der Waals surface area contributed by atoms with Gasteiger partial charge in [0, 0.05) is 24.5 Å². The third kappa shape index (κ3) is 4.64. The molecule has 1 saturated heterocycles. The highest BCUT2D eigenvalue weighted by Gasteiger charge is 2.46. The normalized spacial score (nSPS) is 17.1. The monoisotopic (exact) mass is 458 g/mol. The lowest BCUT2D eigenvalue weighted by molar-refractivity contribution is -0.140. The first-order valence-electron chi connectivity index (χ1n) is 11.1. The molecule has 0 aliphatic carbocycles. The molecule has 0 saturated carbocycles. The topological polar surface area (TPSA) is 89.0 Å². The van der Waals surface area contributed by atoms with Gasteiger partial charge in [-0.25, -0.2) is 0 Å². The van der Waals surface area contributed by atoms with Gasteiger partial charge in [0.1, 0.15) is 17.3 Å². The average Bonchev–Trinajstić information content (AvgIpc) is 3.12. The van der Waals surface area contributed by atoms with E-state index in [0.29, 0.717) is 29.2 Å². The van der Waals surface area contributed by atoms with E-state index in [2.05, 4.69) is 4.98 Å². The first-order valence-corrected chi connectivity index (χ1v) is 11.1. The molecule has 0 bridgehead atoms. The highest BCUT2D eigenvalue weighted by molar-refractivity contribution is 6.46. The number of Topliss-reactive ketones (excluding diaryl/α,β-unsaturated/α-hetero) is 1. The predicted octanol–water partition coefficient (Wildman–Crippen LogP) is 4.50. The number of aliphatic hydroxyl groups is 1. The van der Waals surface area contributed by atoms with Gasteiger partial charge in [0.2, 0.25) is 0 Å². The number of rotatable bonds is 8. The van der Waals surface area contributed by atoms with Crippen molar-refractivity contribution in [3.05, 3.63) is 95.3 Å². The fourth-order valence-electron chi connectivity index (χ4n) is 3.97. The lowest BCUT2D eigenvalue weighted by Crippen LogP contribution is -2.29. The van der Waals surface area contributed by atoms with Gasteiger partial charge in [-0.15, -0.1) is 0 Å². The largest absolute Gasteiger partial charge is 0.507 e. The molecule has 34 heavy (non-hydrogen) atoms. The molecule has 1 aromatic heterocycles. The molecular weight excluding hydrogens is 432 g/mol. The Morgan fingerprint density at radius 3 is 2.44 bits per heavy atom. The Bertz CT molecular complexity index is 1210. The molecule has 7 heteroatoms. The number of hydrogen-bond acceptors (Lipinski definition) is 6. The van der Waals surface area contributed by atoms with Crippen molar-refractivity contribution in [2.75, 3.05) is 13.7 Å². The number of aliphatic hydroxyl groups excluding tert-OH is 1. The summed E-state index contributed by atoms with van der Waals surface area (Å²) in [6.45, 7) is 2.73. The molecule has 1 amide bonds. The van der Waals surface area contributed by atoms with E-state index in [1.807, 2.05) is 6.92 Å². The van der Waals surface area contributed by atoms with Gasteiger partial charge < -0.3 is 19.5 Å². The molecule has 4 rings (SSSR count). The Balaban J connectivity index is 1.81. The molecule has 0 spiro atoms. The molecule has 174 valence electrons. The number of methoxy groups -OCH3 is 1. The maximum absolute atomic E-state index is 13.2. The SMILES string of the molecule is CCCOc1cccc(C(O)=C2C(=O)C(=O)N(Cc3ccncc3)C2c2ccc(OC)cc2)c1. The number of nitrogens with zero attached hydrogens (tertiary/aromatic N) is 2. The van der Waals surface area contributed by atoms with Crippen LogP contribution in [0.5, 0.6) is 11.5 Å². The lowest BCUT2D eigenvalue weighted by atomic mass is 9.95. The van der Waals surface area contributed by atoms with Crippen molar-refractivity contribution in [2.45, 2.75) is 25.9 Å². The van der Waals surface area contributed by atoms with Gasteiger partial charge in [0.05, 0.1) is 25.3 Å². The highest BCUT2D eigenvalue weighted by Crippen LogP contribution is 2.41. The molecule has 1 atom stereocenters. The molecule has 7 nitrogen and oxygen atoms in total. The molecule has 1 N–H and O–H groups in total. The van der Waals surface area contributed by atoms with Crippen LogP contribution in [0.3, 0.4) is 0 Å². The van der Waals surface area contributed by atoms with Crippen molar-refractivity contribution in [2.24, 2.45) is 0 Å². The van der Waals surface area contributed by atoms with Crippen LogP contribution in [0.15, 0.2) is 78.6 Å². The quantitative estimate of drug-likeness (QED) is 0.304. The van der Waals surface area contributed by atoms with E-state index >= 15 is 0 Å². The van der Waals surface area contributed by atoms with E-state index in [1.54, 1.807) is 80.2 Å². The van der Waals surface area contributed by atoms with Gasteiger partial charge in [-0.3, -0.25) is 14.6 Å². The Morgan fingerprint density at radius 1 is 1.03 bits per heavy atom. The third-order valence-electron chi connectivity index (χ3n) is 5.65. The maximum atomic E-state index is 13.2. The molecule has 3 aromatic rings. The summed E-state index contributed by atoms with van der Waals surface area (Å²) in [5.41, 5.74) is 1.96. The van der Waals surface area contributed by atoms with E-state index in [9.17, 15) is 14.7 Å². The van der Waals surface area contributed by atoms with E-state index in [1.165, 1.54) is 4.90 Å². The number of pyridine rings is 1. The summed E-state index contributed by atoms with van der Waals surface area (Å²) in [7, 11) is 1.57. The number of hydrogen-bond donors (Lipinski definition) is 1. The summed E-state index contributed by atoms with van der Waals surface area (Å²) in [6.07, 6.45) is 4.11. The summed E-state index contributed by atoms with van der Waals surface area (Å²) < 4.78 is 10.9. The van der Waals surface area contributed by atoms with Crippen LogP contribution in [0, 0.1) is 0 Å². The Kier molecular flexibility index (Phi) is 6.92. The van der Waals surface area contributed by atoms with Crippen LogP contribution in [-0.4, -0.2) is 40.4 Å². The zero-order valence-corrected chi connectivity index (χ0v) is 19.1. The van der Waals surface area contributed by atoms with Gasteiger partial charge in [-0.2, -0.15) is 0 Å². The van der Waals surface area contributed by atoms with Gasteiger partial charge in [0.15, 0.2) is 0 Å². The van der Waals surface area contributed by atoms with Crippen LogP contribution >= 0.6 is 0 Å². The van der Waals surface area contributed by atoms with E-state index < -0.39 is 17.7 Å². The van der Waals surface area contributed by atoms with E-state index in [-0.39, 0.29) is 17.9 Å². The average molecular weight is 459 g/mol. The van der Waals surface area contributed by atoms with E-state index in [4.69, 9.17) is 9.47 Å². The van der Waals surface area contributed by atoms with Crippen molar-refractivity contribution >= 4 is 17.4 Å². The zero-order chi connectivity index (χ0) is 24.1. The van der Waals surface area contributed by atoms with Crippen LogP contribution in [-0.2, 0) is 16.1 Å². The first-order chi connectivity index (χ1) is 16.5. The van der Waals surface area contributed by atoms with Crippen molar-refractivity contribution < 1.29 is 24.2 Å². The smallest absolute Gasteiger partial charge is 0.295 e. The van der Waals surface area contributed by atoms with Gasteiger partial charge in [0.25, 0.3) is 11.7 Å². The number of ether oxygens (including phenoxy) is 2. The predicted molar refractivity (Wildman–Crippen MR) is 127 cm³/mol. The number of carbonyl (C=O) groups excluding carboxylic acids is 2. The summed E-state index contributed by atoms with van der Waals surface area (Å²) in [6, 6.07) is 16.8. The minimum Gasteiger partial charge on any atom is -0.507 e. The first kappa shape index (κ1) is 23.0. The number of likely N-dealkylation sites (tertiary alicyclic amines) is 1. The molecule has 0 radical (unpaired) electrons. The second-order valence-electron chi connectivity index (χ2n) is 7.93. The molecular formula is C27H26N2O5. The number of amides is 1. The number of ketones is 1. The summed E-state index contributed by atoms with van der Waals surface area (Å²) >= 11 is 0. The summed E-state index contributed by atoms with van der Waals surface area (Å²) in [5.74, 6) is -0.406. The summed E-state index contributed by atoms with van der Waals surface area (Å²) in [4.78, 5) is 31.8.